The van der Waals surface area contributed by atoms with E-state index in [4.69, 9.17) is 25.7 Å². The minimum absolute atomic E-state index is 0.114. The van der Waals surface area contributed by atoms with E-state index in [-0.39, 0.29) is 11.7 Å². The van der Waals surface area contributed by atoms with Gasteiger partial charge in [-0.25, -0.2) is 9.78 Å². The van der Waals surface area contributed by atoms with Gasteiger partial charge in [0.2, 0.25) is 0 Å². The van der Waals surface area contributed by atoms with Crippen molar-refractivity contribution in [3.63, 3.8) is 0 Å². The molecule has 0 fully saturated rings. The summed E-state index contributed by atoms with van der Waals surface area (Å²) >= 11 is 7.56. The van der Waals surface area contributed by atoms with E-state index < -0.39 is 5.63 Å². The predicted octanol–water partition coefficient (Wildman–Crippen LogP) is 5.57. The standard InChI is InChI=1S/C25H25ClN2O4S/c1-15(2)31-10-4-9-28-24(30)20-8-6-18(26)13-21(20)27-25(28)33-14-17-12-23(29)32-22-11-16(3)5-7-19(17)22/h5-8,11-13,15H,4,9-10,14H2,1-3H3. The zero-order valence-electron chi connectivity index (χ0n) is 18.8. The molecule has 0 aliphatic rings. The molecule has 33 heavy (non-hydrogen) atoms. The number of ether oxygens (including phenoxy) is 1. The van der Waals surface area contributed by atoms with Crippen molar-refractivity contribution < 1.29 is 9.15 Å². The summed E-state index contributed by atoms with van der Waals surface area (Å²) in [4.78, 5) is 30.1. The number of benzene rings is 2. The van der Waals surface area contributed by atoms with Crippen LogP contribution in [0.4, 0.5) is 0 Å². The molecule has 8 heteroatoms. The number of halogens is 1. The van der Waals surface area contributed by atoms with E-state index in [0.29, 0.717) is 52.0 Å². The molecule has 0 N–H and O–H groups in total. The van der Waals surface area contributed by atoms with Crippen LogP contribution in [0.25, 0.3) is 21.9 Å². The van der Waals surface area contributed by atoms with Crippen LogP contribution < -0.4 is 11.2 Å². The second kappa shape index (κ2) is 10.1. The van der Waals surface area contributed by atoms with Gasteiger partial charge in [-0.15, -0.1) is 0 Å². The molecule has 0 bridgehead atoms. The monoisotopic (exact) mass is 484 g/mol. The van der Waals surface area contributed by atoms with Crippen LogP contribution in [0.1, 0.15) is 31.4 Å². The molecule has 2 heterocycles. The van der Waals surface area contributed by atoms with Crippen LogP contribution in [0.15, 0.2) is 61.6 Å². The topological polar surface area (TPSA) is 74.3 Å². The predicted molar refractivity (Wildman–Crippen MR) is 133 cm³/mol. The smallest absolute Gasteiger partial charge is 0.336 e. The zero-order valence-corrected chi connectivity index (χ0v) is 20.3. The first-order valence-electron chi connectivity index (χ1n) is 10.8. The van der Waals surface area contributed by atoms with Gasteiger partial charge >= 0.3 is 5.63 Å². The minimum Gasteiger partial charge on any atom is -0.423 e. The number of aryl methyl sites for hydroxylation is 1. The fourth-order valence-corrected chi connectivity index (χ4v) is 4.80. The lowest BCUT2D eigenvalue weighted by atomic mass is 10.1. The molecule has 0 saturated heterocycles. The first kappa shape index (κ1) is 23.5. The van der Waals surface area contributed by atoms with Gasteiger partial charge in [-0.1, -0.05) is 35.5 Å². The maximum Gasteiger partial charge on any atom is 0.336 e. The molecule has 0 atom stereocenters. The summed E-state index contributed by atoms with van der Waals surface area (Å²) in [5, 5.41) is 2.49. The normalized spacial score (nSPS) is 11.7. The van der Waals surface area contributed by atoms with Crippen LogP contribution in [-0.2, 0) is 17.0 Å². The Bertz CT molecular complexity index is 1430. The molecular weight excluding hydrogens is 460 g/mol. The Kier molecular flexibility index (Phi) is 7.22. The van der Waals surface area contributed by atoms with Gasteiger partial charge in [0.25, 0.3) is 5.56 Å². The number of aromatic nitrogens is 2. The van der Waals surface area contributed by atoms with Crippen LogP contribution in [-0.4, -0.2) is 22.3 Å². The van der Waals surface area contributed by atoms with E-state index in [2.05, 4.69) is 0 Å². The van der Waals surface area contributed by atoms with Crippen molar-refractivity contribution in [3.05, 3.63) is 79.4 Å². The van der Waals surface area contributed by atoms with Gasteiger partial charge in [0, 0.05) is 35.4 Å². The number of nitrogens with zero attached hydrogens (tertiary/aromatic N) is 2. The van der Waals surface area contributed by atoms with Crippen LogP contribution in [0.2, 0.25) is 5.02 Å². The summed E-state index contributed by atoms with van der Waals surface area (Å²) in [5.41, 5.74) is 2.45. The summed E-state index contributed by atoms with van der Waals surface area (Å²) in [6.45, 7) is 6.95. The van der Waals surface area contributed by atoms with E-state index in [0.717, 1.165) is 16.5 Å². The van der Waals surface area contributed by atoms with Crippen molar-refractivity contribution >= 4 is 45.2 Å². The molecule has 2 aromatic heterocycles. The quantitative estimate of drug-likeness (QED) is 0.141. The zero-order chi connectivity index (χ0) is 23.5. The minimum atomic E-state index is -0.398. The summed E-state index contributed by atoms with van der Waals surface area (Å²) in [6, 6.07) is 12.4. The van der Waals surface area contributed by atoms with Crippen molar-refractivity contribution in [1.82, 2.24) is 9.55 Å². The highest BCUT2D eigenvalue weighted by Crippen LogP contribution is 2.27. The molecular formula is C25H25ClN2O4S. The Labute approximate surface area is 200 Å². The van der Waals surface area contributed by atoms with Crippen LogP contribution in [0.3, 0.4) is 0 Å². The maximum atomic E-state index is 13.3. The molecule has 0 aliphatic heterocycles. The van der Waals surface area contributed by atoms with Crippen molar-refractivity contribution in [1.29, 1.82) is 0 Å². The van der Waals surface area contributed by atoms with Gasteiger partial charge in [-0.3, -0.25) is 9.36 Å². The highest BCUT2D eigenvalue weighted by molar-refractivity contribution is 7.98. The third kappa shape index (κ3) is 5.49. The third-order valence-corrected chi connectivity index (χ3v) is 6.46. The van der Waals surface area contributed by atoms with E-state index in [9.17, 15) is 9.59 Å². The van der Waals surface area contributed by atoms with Crippen LogP contribution >= 0.6 is 23.4 Å². The van der Waals surface area contributed by atoms with E-state index in [1.165, 1.54) is 17.8 Å². The first-order chi connectivity index (χ1) is 15.8. The average molecular weight is 485 g/mol. The van der Waals surface area contributed by atoms with E-state index >= 15 is 0 Å². The molecule has 0 spiro atoms. The molecule has 0 aliphatic carbocycles. The van der Waals surface area contributed by atoms with Crippen LogP contribution in [0.5, 0.6) is 0 Å². The molecule has 2 aromatic carbocycles. The second-order valence-electron chi connectivity index (χ2n) is 8.16. The Hall–Kier alpha value is -2.61. The molecule has 0 amide bonds. The van der Waals surface area contributed by atoms with Gasteiger partial charge in [-0.05, 0) is 62.6 Å². The maximum absolute atomic E-state index is 13.3. The number of fused-ring (bicyclic) bond motifs is 2. The lowest BCUT2D eigenvalue weighted by Crippen LogP contribution is -2.24. The molecule has 4 rings (SSSR count). The van der Waals surface area contributed by atoms with Gasteiger partial charge in [0.05, 0.1) is 17.0 Å². The summed E-state index contributed by atoms with van der Waals surface area (Å²) in [5.74, 6) is 0.464. The molecule has 0 saturated carbocycles. The Morgan fingerprint density at radius 2 is 1.91 bits per heavy atom. The highest BCUT2D eigenvalue weighted by Gasteiger charge is 2.14. The van der Waals surface area contributed by atoms with Crippen molar-refractivity contribution in [3.8, 4) is 0 Å². The second-order valence-corrected chi connectivity index (χ2v) is 9.54. The Balaban J connectivity index is 1.70. The van der Waals surface area contributed by atoms with E-state index in [1.807, 2.05) is 39.0 Å². The van der Waals surface area contributed by atoms with Crippen molar-refractivity contribution in [2.45, 2.75) is 50.8 Å². The SMILES string of the molecule is Cc1ccc2c(CSc3nc4cc(Cl)ccc4c(=O)n3CCCOC(C)C)cc(=O)oc2c1. The molecule has 0 unspecified atom stereocenters. The number of rotatable bonds is 8. The highest BCUT2D eigenvalue weighted by atomic mass is 35.5. The largest absolute Gasteiger partial charge is 0.423 e. The average Bonchev–Trinajstić information content (AvgIpc) is 2.75. The molecule has 6 nitrogen and oxygen atoms in total. The molecule has 0 radical (unpaired) electrons. The van der Waals surface area contributed by atoms with Gasteiger partial charge in [0.15, 0.2) is 5.16 Å². The lowest BCUT2D eigenvalue weighted by Gasteiger charge is -2.14. The summed E-state index contributed by atoms with van der Waals surface area (Å²) in [7, 11) is 0. The van der Waals surface area contributed by atoms with Gasteiger partial charge in [0.1, 0.15) is 5.58 Å². The van der Waals surface area contributed by atoms with Gasteiger partial charge < -0.3 is 9.15 Å². The number of hydrogen-bond acceptors (Lipinski definition) is 6. The van der Waals surface area contributed by atoms with E-state index in [1.54, 1.807) is 22.8 Å². The third-order valence-electron chi connectivity index (χ3n) is 5.20. The van der Waals surface area contributed by atoms with Crippen molar-refractivity contribution in [2.75, 3.05) is 6.61 Å². The fourth-order valence-electron chi connectivity index (χ4n) is 3.62. The Morgan fingerprint density at radius 1 is 1.12 bits per heavy atom. The number of hydrogen-bond donors (Lipinski definition) is 0. The lowest BCUT2D eigenvalue weighted by molar-refractivity contribution is 0.0743. The summed E-state index contributed by atoms with van der Waals surface area (Å²) in [6.07, 6.45) is 0.818. The summed E-state index contributed by atoms with van der Waals surface area (Å²) < 4.78 is 12.7. The molecule has 172 valence electrons. The Morgan fingerprint density at radius 3 is 2.70 bits per heavy atom. The molecule has 4 aromatic rings. The first-order valence-corrected chi connectivity index (χ1v) is 12.2. The van der Waals surface area contributed by atoms with Gasteiger partial charge in [-0.2, -0.15) is 0 Å². The van der Waals surface area contributed by atoms with Crippen molar-refractivity contribution in [2.24, 2.45) is 0 Å². The number of thioether (sulfide) groups is 1. The fraction of sp³-hybridized carbons (Fsp3) is 0.320. The van der Waals surface area contributed by atoms with Crippen LogP contribution in [0, 0.1) is 6.92 Å².